The highest BCUT2D eigenvalue weighted by Gasteiger charge is 2.38. The van der Waals surface area contributed by atoms with Gasteiger partial charge in [0.05, 0.1) is 5.38 Å². The first-order valence-corrected chi connectivity index (χ1v) is 6.95. The van der Waals surface area contributed by atoms with Crippen molar-refractivity contribution in [2.45, 2.75) is 50.9 Å². The van der Waals surface area contributed by atoms with Crippen molar-refractivity contribution in [1.29, 1.82) is 0 Å². The molecule has 0 N–H and O–H groups in total. The molecule has 2 heterocycles. The highest BCUT2D eigenvalue weighted by Crippen LogP contribution is 2.43. The Labute approximate surface area is 112 Å². The van der Waals surface area contributed by atoms with Crippen LogP contribution in [0, 0.1) is 6.92 Å². The third-order valence-electron chi connectivity index (χ3n) is 4.10. The predicted octanol–water partition coefficient (Wildman–Crippen LogP) is 3.94. The SMILES string of the molecule is Cc1ccnc2c1nc(C(C)Cl)n2C1(C)CCC1. The Morgan fingerprint density at radius 1 is 1.44 bits per heavy atom. The summed E-state index contributed by atoms with van der Waals surface area (Å²) < 4.78 is 2.27. The molecule has 96 valence electrons. The molecule has 0 amide bonds. The number of fused-ring (bicyclic) bond motifs is 1. The van der Waals surface area contributed by atoms with Crippen LogP contribution < -0.4 is 0 Å². The smallest absolute Gasteiger partial charge is 0.160 e. The zero-order valence-electron chi connectivity index (χ0n) is 11.1. The molecule has 1 unspecified atom stereocenters. The first-order valence-electron chi connectivity index (χ1n) is 6.51. The van der Waals surface area contributed by atoms with E-state index in [4.69, 9.17) is 16.6 Å². The second-order valence-corrected chi connectivity index (χ2v) is 6.23. The van der Waals surface area contributed by atoms with Gasteiger partial charge in [-0.1, -0.05) is 0 Å². The average molecular weight is 264 g/mol. The lowest BCUT2D eigenvalue weighted by atomic mass is 9.78. The minimum Gasteiger partial charge on any atom is -0.306 e. The van der Waals surface area contributed by atoms with Crippen LogP contribution in [0.4, 0.5) is 0 Å². The Bertz CT molecular complexity index is 596. The van der Waals surface area contributed by atoms with Gasteiger partial charge in [0.2, 0.25) is 0 Å². The van der Waals surface area contributed by atoms with Crippen molar-refractivity contribution >= 4 is 22.8 Å². The minimum atomic E-state index is -0.0870. The van der Waals surface area contributed by atoms with Crippen molar-refractivity contribution in [2.24, 2.45) is 0 Å². The minimum absolute atomic E-state index is 0.0870. The van der Waals surface area contributed by atoms with Crippen molar-refractivity contribution in [3.8, 4) is 0 Å². The van der Waals surface area contributed by atoms with Crippen molar-refractivity contribution in [3.63, 3.8) is 0 Å². The number of alkyl halides is 1. The van der Waals surface area contributed by atoms with Gasteiger partial charge in [0, 0.05) is 11.7 Å². The first-order chi connectivity index (χ1) is 8.53. The third kappa shape index (κ3) is 1.57. The molecule has 1 saturated carbocycles. The molecule has 1 atom stereocenters. The summed E-state index contributed by atoms with van der Waals surface area (Å²) in [5, 5.41) is -0.0870. The van der Waals surface area contributed by atoms with Crippen molar-refractivity contribution in [2.75, 3.05) is 0 Å². The molecule has 3 nitrogen and oxygen atoms in total. The zero-order chi connectivity index (χ0) is 12.9. The summed E-state index contributed by atoms with van der Waals surface area (Å²) in [5.41, 5.74) is 3.29. The Hall–Kier alpha value is -1.09. The van der Waals surface area contributed by atoms with Gasteiger partial charge in [-0.2, -0.15) is 0 Å². The van der Waals surface area contributed by atoms with Gasteiger partial charge in [-0.3, -0.25) is 0 Å². The summed E-state index contributed by atoms with van der Waals surface area (Å²) in [5.74, 6) is 0.954. The Balaban J connectivity index is 2.32. The molecule has 1 aliphatic carbocycles. The molecule has 0 spiro atoms. The van der Waals surface area contributed by atoms with E-state index in [2.05, 4.69) is 23.4 Å². The van der Waals surface area contributed by atoms with Crippen LogP contribution in [0.25, 0.3) is 11.2 Å². The summed E-state index contributed by atoms with van der Waals surface area (Å²) in [7, 11) is 0. The summed E-state index contributed by atoms with van der Waals surface area (Å²) in [6.45, 7) is 6.34. The predicted molar refractivity (Wildman–Crippen MR) is 74.0 cm³/mol. The fourth-order valence-electron chi connectivity index (χ4n) is 2.82. The molecule has 0 radical (unpaired) electrons. The van der Waals surface area contributed by atoms with Crippen molar-refractivity contribution < 1.29 is 0 Å². The molecule has 0 saturated heterocycles. The van der Waals surface area contributed by atoms with Gasteiger partial charge in [0.15, 0.2) is 5.65 Å². The Morgan fingerprint density at radius 2 is 2.17 bits per heavy atom. The van der Waals surface area contributed by atoms with Crippen LogP contribution in [0.2, 0.25) is 0 Å². The van der Waals surface area contributed by atoms with Crippen molar-refractivity contribution in [3.05, 3.63) is 23.7 Å². The average Bonchev–Trinajstić information content (AvgIpc) is 2.67. The molecule has 3 rings (SSSR count). The van der Waals surface area contributed by atoms with E-state index in [9.17, 15) is 0 Å². The quantitative estimate of drug-likeness (QED) is 0.769. The van der Waals surface area contributed by atoms with E-state index in [-0.39, 0.29) is 10.9 Å². The third-order valence-corrected chi connectivity index (χ3v) is 4.30. The lowest BCUT2D eigenvalue weighted by Gasteiger charge is -2.41. The number of pyridine rings is 1. The summed E-state index contributed by atoms with van der Waals surface area (Å²) >= 11 is 6.31. The highest BCUT2D eigenvalue weighted by molar-refractivity contribution is 6.20. The van der Waals surface area contributed by atoms with Crippen LogP contribution in [0.1, 0.15) is 49.9 Å². The standard InChI is InChI=1S/C14H18ClN3/c1-9-5-8-16-13-11(9)17-12(10(2)15)18(13)14(3)6-4-7-14/h5,8,10H,4,6-7H2,1-3H3. The number of halogens is 1. The highest BCUT2D eigenvalue weighted by atomic mass is 35.5. The van der Waals surface area contributed by atoms with Crippen LogP contribution in [0.15, 0.2) is 12.3 Å². The summed E-state index contributed by atoms with van der Waals surface area (Å²) in [6, 6.07) is 2.01. The molecule has 0 aromatic carbocycles. The van der Waals surface area contributed by atoms with Gasteiger partial charge in [0.25, 0.3) is 0 Å². The first kappa shape index (κ1) is 12.0. The molecular formula is C14H18ClN3. The second kappa shape index (κ2) is 3.95. The Kier molecular flexibility index (Phi) is 2.63. The fourth-order valence-corrected chi connectivity index (χ4v) is 2.97. The van der Waals surface area contributed by atoms with Crippen LogP contribution in [0.5, 0.6) is 0 Å². The van der Waals surface area contributed by atoms with E-state index in [1.165, 1.54) is 24.8 Å². The molecule has 0 bridgehead atoms. The van der Waals surface area contributed by atoms with Gasteiger partial charge >= 0.3 is 0 Å². The van der Waals surface area contributed by atoms with Gasteiger partial charge < -0.3 is 4.57 Å². The van der Waals surface area contributed by atoms with Crippen LogP contribution in [-0.4, -0.2) is 14.5 Å². The molecule has 18 heavy (non-hydrogen) atoms. The topological polar surface area (TPSA) is 30.7 Å². The van der Waals surface area contributed by atoms with Gasteiger partial charge in [-0.25, -0.2) is 9.97 Å². The number of nitrogens with zero attached hydrogens (tertiary/aromatic N) is 3. The number of aromatic nitrogens is 3. The lowest BCUT2D eigenvalue weighted by Crippen LogP contribution is -2.38. The van der Waals surface area contributed by atoms with E-state index in [0.29, 0.717) is 0 Å². The molecule has 2 aromatic rings. The van der Waals surface area contributed by atoms with E-state index in [1.807, 2.05) is 19.2 Å². The summed E-state index contributed by atoms with van der Waals surface area (Å²) in [6.07, 6.45) is 5.51. The van der Waals surface area contributed by atoms with Crippen LogP contribution in [0.3, 0.4) is 0 Å². The van der Waals surface area contributed by atoms with E-state index in [1.54, 1.807) is 0 Å². The fraction of sp³-hybridized carbons (Fsp3) is 0.571. The van der Waals surface area contributed by atoms with E-state index >= 15 is 0 Å². The van der Waals surface area contributed by atoms with E-state index < -0.39 is 0 Å². The lowest BCUT2D eigenvalue weighted by molar-refractivity contribution is 0.168. The van der Waals surface area contributed by atoms with Gasteiger partial charge in [-0.15, -0.1) is 11.6 Å². The number of hydrogen-bond acceptors (Lipinski definition) is 2. The maximum atomic E-state index is 6.31. The maximum Gasteiger partial charge on any atom is 0.160 e. The van der Waals surface area contributed by atoms with Gasteiger partial charge in [-0.05, 0) is 51.7 Å². The number of imidazole rings is 1. The number of rotatable bonds is 2. The molecule has 2 aromatic heterocycles. The molecule has 1 fully saturated rings. The number of aryl methyl sites for hydroxylation is 1. The van der Waals surface area contributed by atoms with Crippen LogP contribution >= 0.6 is 11.6 Å². The van der Waals surface area contributed by atoms with Gasteiger partial charge in [0.1, 0.15) is 11.3 Å². The molecule has 1 aliphatic rings. The summed E-state index contributed by atoms with van der Waals surface area (Å²) in [4.78, 5) is 9.26. The van der Waals surface area contributed by atoms with E-state index in [0.717, 1.165) is 17.0 Å². The van der Waals surface area contributed by atoms with Crippen molar-refractivity contribution in [1.82, 2.24) is 14.5 Å². The Morgan fingerprint density at radius 3 is 2.72 bits per heavy atom. The largest absolute Gasteiger partial charge is 0.306 e. The number of hydrogen-bond donors (Lipinski definition) is 0. The second-order valence-electron chi connectivity index (χ2n) is 5.57. The monoisotopic (exact) mass is 263 g/mol. The van der Waals surface area contributed by atoms with Crippen LogP contribution in [-0.2, 0) is 5.54 Å². The molecular weight excluding hydrogens is 246 g/mol. The molecule has 4 heteroatoms. The maximum absolute atomic E-state index is 6.31. The molecule has 0 aliphatic heterocycles. The normalized spacial score (nSPS) is 19.8. The zero-order valence-corrected chi connectivity index (χ0v) is 11.8.